The van der Waals surface area contributed by atoms with E-state index in [0.717, 1.165) is 18.4 Å². The fraction of sp³-hybridized carbons (Fsp3) is 0.276. The minimum absolute atomic E-state index is 0.000705. The van der Waals surface area contributed by atoms with E-state index in [-0.39, 0.29) is 17.9 Å². The number of aromatic nitrogens is 1. The van der Waals surface area contributed by atoms with Crippen molar-refractivity contribution in [3.05, 3.63) is 89.3 Å². The number of nitrogens with zero attached hydrogens (tertiary/aromatic N) is 2. The molecule has 192 valence electrons. The number of methoxy groups -OCH3 is 2. The molecule has 0 aliphatic carbocycles. The summed E-state index contributed by atoms with van der Waals surface area (Å²) in [6.07, 6.45) is 5.24. The summed E-state index contributed by atoms with van der Waals surface area (Å²) in [4.78, 5) is 32.1. The predicted octanol–water partition coefficient (Wildman–Crippen LogP) is 4.90. The topological polar surface area (TPSA) is 98.2 Å². The largest absolute Gasteiger partial charge is 0.507 e. The highest BCUT2D eigenvalue weighted by atomic mass is 16.5. The van der Waals surface area contributed by atoms with Crippen molar-refractivity contribution in [2.45, 2.75) is 32.4 Å². The van der Waals surface area contributed by atoms with E-state index in [2.05, 4.69) is 11.9 Å². The van der Waals surface area contributed by atoms with E-state index in [1.807, 2.05) is 6.07 Å². The molecule has 0 unspecified atom stereocenters. The molecule has 8 heteroatoms. The van der Waals surface area contributed by atoms with Gasteiger partial charge in [0.2, 0.25) is 0 Å². The van der Waals surface area contributed by atoms with Crippen molar-refractivity contribution in [1.82, 2.24) is 9.88 Å². The van der Waals surface area contributed by atoms with Crippen molar-refractivity contribution in [1.29, 1.82) is 0 Å². The second-order valence-electron chi connectivity index (χ2n) is 8.63. The van der Waals surface area contributed by atoms with Crippen molar-refractivity contribution < 1.29 is 28.9 Å². The monoisotopic (exact) mass is 502 g/mol. The molecule has 1 aliphatic heterocycles. The van der Waals surface area contributed by atoms with E-state index in [1.165, 1.54) is 19.1 Å². The van der Waals surface area contributed by atoms with Crippen LogP contribution in [-0.4, -0.2) is 47.5 Å². The highest BCUT2D eigenvalue weighted by Crippen LogP contribution is 2.42. The van der Waals surface area contributed by atoms with Gasteiger partial charge >= 0.3 is 0 Å². The number of Topliss-reactive ketones (excluding diaryl/α,β-unsaturated/α-hetero) is 1. The lowest BCUT2D eigenvalue weighted by atomic mass is 9.94. The van der Waals surface area contributed by atoms with E-state index in [9.17, 15) is 14.7 Å². The number of unbranched alkanes of at least 4 members (excludes halogenated alkanes) is 1. The Labute approximate surface area is 216 Å². The number of hydrogen-bond acceptors (Lipinski definition) is 7. The summed E-state index contributed by atoms with van der Waals surface area (Å²) in [6.45, 7) is 2.82. The Hall–Kier alpha value is -4.33. The Bertz CT molecular complexity index is 1290. The maximum Gasteiger partial charge on any atom is 0.295 e. The molecule has 0 radical (unpaired) electrons. The molecule has 3 aromatic rings. The van der Waals surface area contributed by atoms with Crippen LogP contribution in [0.5, 0.6) is 17.2 Å². The molecule has 8 nitrogen and oxygen atoms in total. The van der Waals surface area contributed by atoms with E-state index in [1.54, 1.807) is 60.9 Å². The lowest BCUT2D eigenvalue weighted by Crippen LogP contribution is -2.29. The number of carbonyl (C=O) groups excluding carboxylic acids is 2. The Morgan fingerprint density at radius 1 is 1.03 bits per heavy atom. The molecule has 37 heavy (non-hydrogen) atoms. The standard InChI is InChI=1S/C29H30N2O6/c1-4-5-15-37-22-11-8-20(9-12-22)27(32)25-26(21-10-13-23(35-2)24(16-21)36-3)31(29(34)28(25)33)18-19-7-6-14-30-17-19/h6-14,16-17,26,32H,4-5,15,18H2,1-3H3/t26-/m0/s1. The third-order valence-corrected chi connectivity index (χ3v) is 6.23. The second kappa shape index (κ2) is 11.6. The number of hydrogen-bond donors (Lipinski definition) is 1. The molecule has 1 atom stereocenters. The molecule has 1 N–H and O–H groups in total. The van der Waals surface area contributed by atoms with Crippen LogP contribution in [0.4, 0.5) is 0 Å². The molecule has 1 aliphatic rings. The summed E-state index contributed by atoms with van der Waals surface area (Å²) in [5.74, 6) is -0.103. The summed E-state index contributed by atoms with van der Waals surface area (Å²) in [7, 11) is 3.04. The van der Waals surface area contributed by atoms with Crippen LogP contribution in [0.15, 0.2) is 72.6 Å². The van der Waals surface area contributed by atoms with Gasteiger partial charge in [0.25, 0.3) is 11.7 Å². The average molecular weight is 503 g/mol. The number of likely N-dealkylation sites (tertiary alicyclic amines) is 1. The van der Waals surface area contributed by atoms with Crippen molar-refractivity contribution in [3.8, 4) is 17.2 Å². The number of ether oxygens (including phenoxy) is 3. The molecule has 0 bridgehead atoms. The number of pyridine rings is 1. The quantitative estimate of drug-likeness (QED) is 0.182. The second-order valence-corrected chi connectivity index (χ2v) is 8.63. The zero-order valence-corrected chi connectivity index (χ0v) is 21.1. The fourth-order valence-electron chi connectivity index (χ4n) is 4.30. The lowest BCUT2D eigenvalue weighted by Gasteiger charge is -2.26. The number of rotatable bonds is 10. The van der Waals surface area contributed by atoms with Gasteiger partial charge in [-0.15, -0.1) is 0 Å². The molecule has 1 aromatic heterocycles. The SMILES string of the molecule is CCCCOc1ccc(C(O)=C2C(=O)C(=O)N(Cc3cccnc3)[C@H]2c2ccc(OC)c(OC)c2)cc1. The maximum absolute atomic E-state index is 13.3. The lowest BCUT2D eigenvalue weighted by molar-refractivity contribution is -0.140. The molecule has 1 fully saturated rings. The normalized spacial score (nSPS) is 16.6. The van der Waals surface area contributed by atoms with Gasteiger partial charge < -0.3 is 24.2 Å². The Morgan fingerprint density at radius 3 is 2.43 bits per heavy atom. The van der Waals surface area contributed by atoms with E-state index < -0.39 is 17.7 Å². The van der Waals surface area contributed by atoms with Gasteiger partial charge in [0.1, 0.15) is 11.5 Å². The molecule has 4 rings (SSSR count). The van der Waals surface area contributed by atoms with Crippen molar-refractivity contribution >= 4 is 17.4 Å². The molecule has 0 saturated carbocycles. The smallest absolute Gasteiger partial charge is 0.295 e. The number of benzene rings is 2. The number of aliphatic hydroxyl groups excluding tert-OH is 1. The number of carbonyl (C=O) groups is 2. The first-order valence-corrected chi connectivity index (χ1v) is 12.1. The molecular formula is C29H30N2O6. The van der Waals surface area contributed by atoms with Crippen LogP contribution in [-0.2, 0) is 16.1 Å². The van der Waals surface area contributed by atoms with Gasteiger partial charge in [-0.2, -0.15) is 0 Å². The zero-order chi connectivity index (χ0) is 26.4. The third kappa shape index (κ3) is 5.43. The van der Waals surface area contributed by atoms with Crippen LogP contribution in [0.3, 0.4) is 0 Å². The van der Waals surface area contributed by atoms with Gasteiger partial charge in [-0.3, -0.25) is 14.6 Å². The molecule has 2 aromatic carbocycles. The van der Waals surface area contributed by atoms with Crippen molar-refractivity contribution in [2.75, 3.05) is 20.8 Å². The predicted molar refractivity (Wildman–Crippen MR) is 138 cm³/mol. The molecule has 0 spiro atoms. The van der Waals surface area contributed by atoms with Gasteiger partial charge in [0, 0.05) is 24.5 Å². The van der Waals surface area contributed by atoms with E-state index in [0.29, 0.717) is 35.0 Å². The minimum Gasteiger partial charge on any atom is -0.507 e. The van der Waals surface area contributed by atoms with Crippen LogP contribution in [0.2, 0.25) is 0 Å². The van der Waals surface area contributed by atoms with Gasteiger partial charge in [-0.05, 0) is 60.0 Å². The first-order valence-electron chi connectivity index (χ1n) is 12.1. The van der Waals surface area contributed by atoms with Gasteiger partial charge in [0.15, 0.2) is 11.5 Å². The average Bonchev–Trinajstić information content (AvgIpc) is 3.18. The van der Waals surface area contributed by atoms with Crippen LogP contribution in [0, 0.1) is 0 Å². The molecule has 1 amide bonds. The Morgan fingerprint density at radius 2 is 1.78 bits per heavy atom. The summed E-state index contributed by atoms with van der Waals surface area (Å²) in [5.41, 5.74) is 1.76. The third-order valence-electron chi connectivity index (χ3n) is 6.23. The zero-order valence-electron chi connectivity index (χ0n) is 21.1. The summed E-state index contributed by atoms with van der Waals surface area (Å²) in [5, 5.41) is 11.3. The minimum atomic E-state index is -0.847. The maximum atomic E-state index is 13.3. The molecular weight excluding hydrogens is 472 g/mol. The molecule has 1 saturated heterocycles. The number of ketones is 1. The Kier molecular flexibility index (Phi) is 8.08. The summed E-state index contributed by atoms with van der Waals surface area (Å²) >= 11 is 0. The first kappa shape index (κ1) is 25.8. The van der Waals surface area contributed by atoms with Crippen LogP contribution in [0.1, 0.15) is 42.5 Å². The highest BCUT2D eigenvalue weighted by molar-refractivity contribution is 6.46. The van der Waals surface area contributed by atoms with Gasteiger partial charge in [-0.25, -0.2) is 0 Å². The highest BCUT2D eigenvalue weighted by Gasteiger charge is 2.46. The van der Waals surface area contributed by atoms with Gasteiger partial charge in [-0.1, -0.05) is 25.5 Å². The van der Waals surface area contributed by atoms with Crippen LogP contribution >= 0.6 is 0 Å². The first-order chi connectivity index (χ1) is 18.0. The molecule has 2 heterocycles. The fourth-order valence-corrected chi connectivity index (χ4v) is 4.30. The van der Waals surface area contributed by atoms with Crippen LogP contribution in [0.25, 0.3) is 5.76 Å². The summed E-state index contributed by atoms with van der Waals surface area (Å²) in [6, 6.07) is 14.8. The van der Waals surface area contributed by atoms with Crippen molar-refractivity contribution in [2.24, 2.45) is 0 Å². The summed E-state index contributed by atoms with van der Waals surface area (Å²) < 4.78 is 16.5. The number of aliphatic hydroxyl groups is 1. The van der Waals surface area contributed by atoms with Crippen molar-refractivity contribution in [3.63, 3.8) is 0 Å². The van der Waals surface area contributed by atoms with E-state index in [4.69, 9.17) is 14.2 Å². The van der Waals surface area contributed by atoms with Crippen LogP contribution < -0.4 is 14.2 Å². The number of amides is 1. The Balaban J connectivity index is 1.79. The van der Waals surface area contributed by atoms with E-state index >= 15 is 0 Å². The van der Waals surface area contributed by atoms with Gasteiger partial charge in [0.05, 0.1) is 32.4 Å².